The lowest BCUT2D eigenvalue weighted by Gasteiger charge is -2.23. The lowest BCUT2D eigenvalue weighted by molar-refractivity contribution is 1.18. The third-order valence-electron chi connectivity index (χ3n) is 3.51. The predicted octanol–water partition coefficient (Wildman–Crippen LogP) is 6.10. The normalized spacial score (nSPS) is 17.7. The van der Waals surface area contributed by atoms with Gasteiger partial charge in [0.05, 0.1) is 0 Å². The summed E-state index contributed by atoms with van der Waals surface area (Å²) in [5, 5.41) is 1.46. The van der Waals surface area contributed by atoms with Gasteiger partial charge >= 0.3 is 0 Å². The van der Waals surface area contributed by atoms with Crippen LogP contribution in [0.3, 0.4) is 0 Å². The molecule has 0 amide bonds. The van der Waals surface area contributed by atoms with Crippen LogP contribution in [0.2, 0.25) is 10.0 Å². The zero-order valence-electron chi connectivity index (χ0n) is 11.1. The Balaban J connectivity index is 2.06. The second-order valence-corrected chi connectivity index (χ2v) is 6.22. The van der Waals surface area contributed by atoms with Crippen molar-refractivity contribution in [1.29, 1.82) is 0 Å². The molecule has 0 saturated carbocycles. The van der Waals surface area contributed by atoms with E-state index in [4.69, 9.17) is 35.4 Å². The van der Waals surface area contributed by atoms with Crippen LogP contribution in [0.5, 0.6) is 0 Å². The minimum Gasteiger partial charge on any atom is -0.0843 e. The summed E-state index contributed by atoms with van der Waals surface area (Å²) >= 11 is 17.5. The highest BCUT2D eigenvalue weighted by Crippen LogP contribution is 2.37. The van der Waals surface area contributed by atoms with Crippen molar-refractivity contribution in [2.75, 3.05) is 0 Å². The predicted molar refractivity (Wildman–Crippen MR) is 95.4 cm³/mol. The number of allylic oxidation sites excluding steroid dienone is 4. The average Bonchev–Trinajstić information content (AvgIpc) is 2.49. The fourth-order valence-corrected chi connectivity index (χ4v) is 3.09. The molecule has 3 rings (SSSR count). The van der Waals surface area contributed by atoms with E-state index in [1.165, 1.54) is 5.57 Å². The Bertz CT molecular complexity index is 725. The second-order valence-electron chi connectivity index (χ2n) is 4.87. The van der Waals surface area contributed by atoms with Crippen molar-refractivity contribution in [2.24, 2.45) is 0 Å². The van der Waals surface area contributed by atoms with Crippen LogP contribution in [0.15, 0.2) is 66.8 Å². The Morgan fingerprint density at radius 2 is 1.38 bits per heavy atom. The van der Waals surface area contributed by atoms with E-state index >= 15 is 0 Å². The molecule has 3 heteroatoms. The summed E-state index contributed by atoms with van der Waals surface area (Å²) in [4.78, 5) is 0.907. The first-order valence-electron chi connectivity index (χ1n) is 6.58. The lowest BCUT2D eigenvalue weighted by atomic mass is 9.82. The highest BCUT2D eigenvalue weighted by Gasteiger charge is 2.23. The summed E-state index contributed by atoms with van der Waals surface area (Å²) in [6.45, 7) is 0. The smallest absolute Gasteiger partial charge is 0.0448 e. The lowest BCUT2D eigenvalue weighted by Crippen LogP contribution is -2.13. The molecule has 0 aliphatic heterocycles. The van der Waals surface area contributed by atoms with Crippen molar-refractivity contribution >= 4 is 45.9 Å². The number of rotatable bonds is 2. The van der Waals surface area contributed by atoms with Crippen LogP contribution < -0.4 is 0 Å². The van der Waals surface area contributed by atoms with Crippen molar-refractivity contribution in [3.8, 4) is 0 Å². The molecule has 2 aromatic rings. The third-order valence-corrected chi connectivity index (χ3v) is 4.39. The number of thiocarbonyl (C=S) groups is 1. The molecule has 1 atom stereocenters. The Morgan fingerprint density at radius 1 is 0.810 bits per heavy atom. The quantitative estimate of drug-likeness (QED) is 0.599. The zero-order chi connectivity index (χ0) is 14.8. The van der Waals surface area contributed by atoms with Gasteiger partial charge in [0, 0.05) is 20.8 Å². The van der Waals surface area contributed by atoms with Crippen LogP contribution in [0.4, 0.5) is 0 Å². The van der Waals surface area contributed by atoms with E-state index in [1.54, 1.807) is 0 Å². The number of benzene rings is 2. The first-order chi connectivity index (χ1) is 10.1. The number of hydrogen-bond donors (Lipinski definition) is 0. The first kappa shape index (κ1) is 14.5. The van der Waals surface area contributed by atoms with E-state index in [0.717, 1.165) is 26.0 Å². The largest absolute Gasteiger partial charge is 0.0843 e. The van der Waals surface area contributed by atoms with Crippen molar-refractivity contribution in [2.45, 2.75) is 5.92 Å². The maximum Gasteiger partial charge on any atom is 0.0448 e. The van der Waals surface area contributed by atoms with Gasteiger partial charge in [-0.05, 0) is 47.0 Å². The highest BCUT2D eigenvalue weighted by atomic mass is 35.5. The molecule has 0 nitrogen and oxygen atoms in total. The molecule has 104 valence electrons. The number of halogens is 2. The van der Waals surface area contributed by atoms with Gasteiger partial charge in [0.2, 0.25) is 0 Å². The van der Waals surface area contributed by atoms with Crippen LogP contribution >= 0.6 is 35.4 Å². The summed E-state index contributed by atoms with van der Waals surface area (Å²) in [5.41, 5.74) is 3.46. The SMILES string of the molecule is S=C1C=CC=C(c2ccc(Cl)cc2)C1c1ccc(Cl)cc1. The Kier molecular flexibility index (Phi) is 4.25. The van der Waals surface area contributed by atoms with E-state index in [0.29, 0.717) is 0 Å². The summed E-state index contributed by atoms with van der Waals surface area (Å²) in [7, 11) is 0. The average molecular weight is 331 g/mol. The molecule has 0 radical (unpaired) electrons. The highest BCUT2D eigenvalue weighted by molar-refractivity contribution is 7.80. The molecular formula is C18H12Cl2S. The van der Waals surface area contributed by atoms with Gasteiger partial charge in [0.1, 0.15) is 0 Å². The topological polar surface area (TPSA) is 0 Å². The van der Waals surface area contributed by atoms with Gasteiger partial charge in [-0.1, -0.05) is 71.8 Å². The third kappa shape index (κ3) is 3.11. The minimum absolute atomic E-state index is 0.0726. The van der Waals surface area contributed by atoms with E-state index < -0.39 is 0 Å². The molecule has 2 aromatic carbocycles. The fraction of sp³-hybridized carbons (Fsp3) is 0.0556. The van der Waals surface area contributed by atoms with Gasteiger partial charge in [-0.25, -0.2) is 0 Å². The molecule has 0 saturated heterocycles. The van der Waals surface area contributed by atoms with E-state index in [1.807, 2.05) is 60.7 Å². The van der Waals surface area contributed by atoms with Crippen molar-refractivity contribution in [3.05, 3.63) is 87.9 Å². The summed E-state index contributed by atoms with van der Waals surface area (Å²) in [6.07, 6.45) is 6.09. The van der Waals surface area contributed by atoms with Gasteiger partial charge in [-0.3, -0.25) is 0 Å². The van der Waals surface area contributed by atoms with E-state index in [2.05, 4.69) is 6.08 Å². The van der Waals surface area contributed by atoms with Gasteiger partial charge in [0.25, 0.3) is 0 Å². The summed E-state index contributed by atoms with van der Waals surface area (Å²) in [5.74, 6) is 0.0726. The van der Waals surface area contributed by atoms with Gasteiger partial charge in [-0.2, -0.15) is 0 Å². The molecule has 0 heterocycles. The molecule has 0 bridgehead atoms. The first-order valence-corrected chi connectivity index (χ1v) is 7.75. The fourth-order valence-electron chi connectivity index (χ4n) is 2.50. The van der Waals surface area contributed by atoms with E-state index in [9.17, 15) is 0 Å². The van der Waals surface area contributed by atoms with Crippen LogP contribution in [-0.2, 0) is 0 Å². The maximum atomic E-state index is 5.98. The molecule has 0 spiro atoms. The molecule has 1 unspecified atom stereocenters. The van der Waals surface area contributed by atoms with Crippen LogP contribution in [0.25, 0.3) is 5.57 Å². The van der Waals surface area contributed by atoms with Crippen LogP contribution in [-0.4, -0.2) is 4.86 Å². The molecule has 1 aliphatic carbocycles. The molecule has 21 heavy (non-hydrogen) atoms. The van der Waals surface area contributed by atoms with Crippen molar-refractivity contribution < 1.29 is 0 Å². The Labute approximate surface area is 139 Å². The minimum atomic E-state index is 0.0726. The molecule has 0 N–H and O–H groups in total. The Hall–Kier alpha value is -1.41. The summed E-state index contributed by atoms with van der Waals surface area (Å²) in [6, 6.07) is 15.7. The maximum absolute atomic E-state index is 5.98. The standard InChI is InChI=1S/C18H12Cl2S/c19-14-8-4-12(5-9-14)16-2-1-3-17(21)18(16)13-6-10-15(20)11-7-13/h1-11,18H. The van der Waals surface area contributed by atoms with E-state index in [-0.39, 0.29) is 5.92 Å². The van der Waals surface area contributed by atoms with Gasteiger partial charge < -0.3 is 0 Å². The molecule has 1 aliphatic rings. The van der Waals surface area contributed by atoms with Crippen molar-refractivity contribution in [1.82, 2.24) is 0 Å². The van der Waals surface area contributed by atoms with Crippen LogP contribution in [0, 0.1) is 0 Å². The molecular weight excluding hydrogens is 319 g/mol. The molecule has 0 fully saturated rings. The molecule has 0 aromatic heterocycles. The second kappa shape index (κ2) is 6.15. The monoisotopic (exact) mass is 330 g/mol. The van der Waals surface area contributed by atoms with Crippen molar-refractivity contribution in [3.63, 3.8) is 0 Å². The zero-order valence-corrected chi connectivity index (χ0v) is 13.4. The Morgan fingerprint density at radius 3 is 2.00 bits per heavy atom. The summed E-state index contributed by atoms with van der Waals surface area (Å²) < 4.78 is 0. The van der Waals surface area contributed by atoms with Crippen LogP contribution in [0.1, 0.15) is 17.0 Å². The number of hydrogen-bond acceptors (Lipinski definition) is 1. The van der Waals surface area contributed by atoms with Gasteiger partial charge in [0.15, 0.2) is 0 Å². The van der Waals surface area contributed by atoms with Gasteiger partial charge in [-0.15, -0.1) is 0 Å².